The van der Waals surface area contributed by atoms with E-state index >= 15 is 0 Å². The number of hydrogen-bond donors (Lipinski definition) is 1. The summed E-state index contributed by atoms with van der Waals surface area (Å²) < 4.78 is 0. The Morgan fingerprint density at radius 3 is 2.65 bits per heavy atom. The molecule has 1 fully saturated rings. The van der Waals surface area contributed by atoms with Gasteiger partial charge in [-0.3, -0.25) is 9.88 Å². The molecule has 1 N–H and O–H groups in total. The number of rotatable bonds is 1. The average molecular weight is 339 g/mol. The van der Waals surface area contributed by atoms with Gasteiger partial charge in [0.05, 0.1) is 11.0 Å². The molecule has 3 heteroatoms. The van der Waals surface area contributed by atoms with Gasteiger partial charge in [0.25, 0.3) is 0 Å². The Hall–Kier alpha value is -2.65. The van der Waals surface area contributed by atoms with Crippen LogP contribution >= 0.6 is 0 Å². The van der Waals surface area contributed by atoms with Crippen LogP contribution in [-0.4, -0.2) is 28.0 Å². The number of H-pyrrole nitrogens is 1. The molecule has 0 amide bonds. The van der Waals surface area contributed by atoms with Gasteiger partial charge in [0, 0.05) is 46.3 Å². The second kappa shape index (κ2) is 5.42. The molecule has 26 heavy (non-hydrogen) atoms. The van der Waals surface area contributed by atoms with Crippen LogP contribution in [0.1, 0.15) is 30.0 Å². The van der Waals surface area contributed by atoms with Crippen molar-refractivity contribution in [1.29, 1.82) is 0 Å². The standard InChI is InChI=1S/C23H21N3/c1-4-15-5-3-11-24-21(15)17(6-1)18-7-2-8-19-20-14-26-12-9-16(10-13-26)22(20)25-23(18)19/h1-8,11,16,25H,9-10,12-14H2. The van der Waals surface area contributed by atoms with E-state index in [1.165, 1.54) is 64.6 Å². The minimum absolute atomic E-state index is 0.689. The Balaban J connectivity index is 1.64. The Labute approximate surface area is 152 Å². The second-order valence-corrected chi connectivity index (χ2v) is 7.68. The summed E-state index contributed by atoms with van der Waals surface area (Å²) in [7, 11) is 0. The Morgan fingerprint density at radius 2 is 1.73 bits per heavy atom. The molecule has 2 bridgehead atoms. The van der Waals surface area contributed by atoms with Crippen molar-refractivity contribution in [3.05, 3.63) is 66.0 Å². The molecule has 0 radical (unpaired) electrons. The molecule has 2 aromatic heterocycles. The maximum atomic E-state index is 4.68. The van der Waals surface area contributed by atoms with Crippen LogP contribution in [0.4, 0.5) is 0 Å². The van der Waals surface area contributed by atoms with Crippen molar-refractivity contribution < 1.29 is 0 Å². The summed E-state index contributed by atoms with van der Waals surface area (Å²) in [5, 5.41) is 2.59. The highest BCUT2D eigenvalue weighted by atomic mass is 15.1. The summed E-state index contributed by atoms with van der Waals surface area (Å²) in [6.07, 6.45) is 4.46. The normalized spacial score (nSPS) is 21.8. The fourth-order valence-corrected chi connectivity index (χ4v) is 4.96. The second-order valence-electron chi connectivity index (χ2n) is 7.68. The summed E-state index contributed by atoms with van der Waals surface area (Å²) in [4.78, 5) is 11.2. The van der Waals surface area contributed by atoms with Gasteiger partial charge in [0.1, 0.15) is 0 Å². The zero-order chi connectivity index (χ0) is 17.1. The van der Waals surface area contributed by atoms with Crippen LogP contribution in [0.2, 0.25) is 0 Å². The van der Waals surface area contributed by atoms with Crippen LogP contribution < -0.4 is 0 Å². The molecule has 3 aliphatic heterocycles. The lowest BCUT2D eigenvalue weighted by Crippen LogP contribution is -2.28. The van der Waals surface area contributed by atoms with E-state index in [0.29, 0.717) is 5.92 Å². The lowest BCUT2D eigenvalue weighted by Gasteiger charge is -2.26. The van der Waals surface area contributed by atoms with E-state index in [1.54, 1.807) is 0 Å². The maximum absolute atomic E-state index is 4.68. The van der Waals surface area contributed by atoms with Crippen molar-refractivity contribution in [1.82, 2.24) is 14.9 Å². The third kappa shape index (κ3) is 2.01. The first kappa shape index (κ1) is 14.5. The summed E-state index contributed by atoms with van der Waals surface area (Å²) >= 11 is 0. The number of piperidine rings is 1. The SMILES string of the molecule is c1cnc2c(-c3cccc4c5c([nH]c34)C3CCN(CC3)C5)cccc2c1. The van der Waals surface area contributed by atoms with Gasteiger partial charge >= 0.3 is 0 Å². The number of fused-ring (bicyclic) bond motifs is 4. The van der Waals surface area contributed by atoms with E-state index in [1.807, 2.05) is 12.3 Å². The predicted molar refractivity (Wildman–Crippen MR) is 106 cm³/mol. The van der Waals surface area contributed by atoms with E-state index < -0.39 is 0 Å². The number of nitrogens with zero attached hydrogens (tertiary/aromatic N) is 2. The zero-order valence-corrected chi connectivity index (χ0v) is 14.7. The lowest BCUT2D eigenvalue weighted by atomic mass is 9.94. The summed E-state index contributed by atoms with van der Waals surface area (Å²) in [5.41, 5.74) is 7.86. The number of hydrogen-bond acceptors (Lipinski definition) is 2. The largest absolute Gasteiger partial charge is 0.357 e. The van der Waals surface area contributed by atoms with Gasteiger partial charge in [-0.2, -0.15) is 0 Å². The molecular weight excluding hydrogens is 318 g/mol. The molecule has 4 aromatic rings. The number of pyridine rings is 1. The van der Waals surface area contributed by atoms with E-state index in [2.05, 4.69) is 57.3 Å². The maximum Gasteiger partial charge on any atom is 0.0781 e. The first-order valence-corrected chi connectivity index (χ1v) is 9.58. The van der Waals surface area contributed by atoms with Crippen LogP contribution in [0, 0.1) is 0 Å². The van der Waals surface area contributed by atoms with Crippen LogP contribution in [0.5, 0.6) is 0 Å². The molecular formula is C23H21N3. The number of aromatic amines is 1. The van der Waals surface area contributed by atoms with E-state index in [0.717, 1.165) is 12.1 Å². The van der Waals surface area contributed by atoms with Crippen LogP contribution in [0.3, 0.4) is 0 Å². The molecule has 0 spiro atoms. The van der Waals surface area contributed by atoms with Gasteiger partial charge < -0.3 is 4.98 Å². The highest BCUT2D eigenvalue weighted by molar-refractivity contribution is 6.03. The quantitative estimate of drug-likeness (QED) is 0.525. The highest BCUT2D eigenvalue weighted by Crippen LogP contribution is 2.41. The Kier molecular flexibility index (Phi) is 3.03. The van der Waals surface area contributed by atoms with Gasteiger partial charge in [-0.05, 0) is 37.6 Å². The van der Waals surface area contributed by atoms with Crippen molar-refractivity contribution in [2.24, 2.45) is 0 Å². The van der Waals surface area contributed by atoms with E-state index in [-0.39, 0.29) is 0 Å². The van der Waals surface area contributed by atoms with Crippen molar-refractivity contribution in [3.63, 3.8) is 0 Å². The molecule has 0 aliphatic carbocycles. The van der Waals surface area contributed by atoms with Gasteiger partial charge in [0.15, 0.2) is 0 Å². The number of aromatic nitrogens is 2. The minimum Gasteiger partial charge on any atom is -0.357 e. The first-order chi connectivity index (χ1) is 12.9. The third-order valence-electron chi connectivity index (χ3n) is 6.27. The number of para-hydroxylation sites is 2. The van der Waals surface area contributed by atoms with Crippen molar-refractivity contribution in [2.45, 2.75) is 25.3 Å². The molecule has 128 valence electrons. The monoisotopic (exact) mass is 339 g/mol. The van der Waals surface area contributed by atoms with Crippen molar-refractivity contribution in [2.75, 3.05) is 13.1 Å². The molecule has 7 rings (SSSR count). The average Bonchev–Trinajstić information content (AvgIpc) is 2.87. The summed E-state index contributed by atoms with van der Waals surface area (Å²) in [6.45, 7) is 3.56. The molecule has 2 aromatic carbocycles. The van der Waals surface area contributed by atoms with Crippen LogP contribution in [0.15, 0.2) is 54.7 Å². The fraction of sp³-hybridized carbons (Fsp3) is 0.261. The molecule has 0 atom stereocenters. The van der Waals surface area contributed by atoms with Crippen LogP contribution in [-0.2, 0) is 6.54 Å². The predicted octanol–water partition coefficient (Wildman–Crippen LogP) is 5.08. The van der Waals surface area contributed by atoms with E-state index in [4.69, 9.17) is 0 Å². The van der Waals surface area contributed by atoms with Gasteiger partial charge in [-0.25, -0.2) is 0 Å². The number of nitrogens with one attached hydrogen (secondary N) is 1. The zero-order valence-electron chi connectivity index (χ0n) is 14.7. The highest BCUT2D eigenvalue weighted by Gasteiger charge is 2.30. The molecule has 0 unspecified atom stereocenters. The minimum atomic E-state index is 0.689. The van der Waals surface area contributed by atoms with E-state index in [9.17, 15) is 0 Å². The molecule has 0 saturated carbocycles. The van der Waals surface area contributed by atoms with Gasteiger partial charge in [-0.15, -0.1) is 0 Å². The molecule has 3 nitrogen and oxygen atoms in total. The fourth-order valence-electron chi connectivity index (χ4n) is 4.96. The summed E-state index contributed by atoms with van der Waals surface area (Å²) in [5.74, 6) is 0.689. The number of benzene rings is 2. The Morgan fingerprint density at radius 1 is 0.923 bits per heavy atom. The smallest absolute Gasteiger partial charge is 0.0781 e. The molecule has 1 saturated heterocycles. The lowest BCUT2D eigenvalue weighted by molar-refractivity contribution is 0.220. The third-order valence-corrected chi connectivity index (χ3v) is 6.27. The van der Waals surface area contributed by atoms with Gasteiger partial charge in [0.2, 0.25) is 0 Å². The molecule has 3 aliphatic rings. The van der Waals surface area contributed by atoms with Gasteiger partial charge in [-0.1, -0.05) is 42.5 Å². The van der Waals surface area contributed by atoms with Crippen LogP contribution in [0.25, 0.3) is 32.9 Å². The Bertz CT molecular complexity index is 1130. The molecule has 5 heterocycles. The first-order valence-electron chi connectivity index (χ1n) is 9.58. The van der Waals surface area contributed by atoms with Crippen molar-refractivity contribution >= 4 is 21.8 Å². The van der Waals surface area contributed by atoms with Crippen molar-refractivity contribution in [3.8, 4) is 11.1 Å². The topological polar surface area (TPSA) is 31.9 Å². The summed E-state index contributed by atoms with van der Waals surface area (Å²) in [6, 6.07) is 17.4.